The maximum Gasteiger partial charge on any atom is 0.257 e. The lowest BCUT2D eigenvalue weighted by molar-refractivity contribution is 0.0782. The Morgan fingerprint density at radius 1 is 1.17 bits per heavy atom. The van der Waals surface area contributed by atoms with Gasteiger partial charge in [-0.25, -0.2) is 0 Å². The largest absolute Gasteiger partial charge is 0.507 e. The van der Waals surface area contributed by atoms with Crippen LogP contribution in [0.4, 0.5) is 0 Å². The molecule has 2 N–H and O–H groups in total. The molecule has 0 atom stereocenters. The molecule has 0 aliphatic carbocycles. The molecule has 0 bridgehead atoms. The van der Waals surface area contributed by atoms with E-state index in [1.54, 1.807) is 24.1 Å². The van der Waals surface area contributed by atoms with Crippen molar-refractivity contribution >= 4 is 44.3 Å². The predicted octanol–water partition coefficient (Wildman–Crippen LogP) is 5.55. The summed E-state index contributed by atoms with van der Waals surface area (Å²) in [6, 6.07) is 18.6. The molecule has 30 heavy (non-hydrogen) atoms. The number of carbonyl (C=O) groups excluding carboxylic acids is 1. The van der Waals surface area contributed by atoms with Crippen molar-refractivity contribution < 1.29 is 9.90 Å². The van der Waals surface area contributed by atoms with Gasteiger partial charge < -0.3 is 10.0 Å². The van der Waals surface area contributed by atoms with Gasteiger partial charge in [-0.05, 0) is 35.4 Å². The molecule has 1 amide bonds. The molecule has 0 unspecified atom stereocenters. The highest BCUT2D eigenvalue weighted by atomic mass is 79.9. The summed E-state index contributed by atoms with van der Waals surface area (Å²) < 4.78 is 0.933. The number of fused-ring (bicyclic) bond motifs is 1. The first-order chi connectivity index (χ1) is 14.4. The summed E-state index contributed by atoms with van der Waals surface area (Å²) in [6.07, 6.45) is 0.561. The number of carbonyl (C=O) groups is 1. The molecule has 7 heteroatoms. The van der Waals surface area contributed by atoms with Crippen LogP contribution < -0.4 is 0 Å². The van der Waals surface area contributed by atoms with Gasteiger partial charge in [0.1, 0.15) is 5.75 Å². The van der Waals surface area contributed by atoms with Gasteiger partial charge in [-0.3, -0.25) is 9.89 Å². The zero-order valence-corrected chi connectivity index (χ0v) is 18.5. The number of nitrogens with zero attached hydrogens (tertiary/aromatic N) is 2. The minimum atomic E-state index is -0.264. The number of halogens is 2. The molecule has 0 saturated heterocycles. The van der Waals surface area contributed by atoms with Crippen molar-refractivity contribution in [3.05, 3.63) is 92.5 Å². The van der Waals surface area contributed by atoms with E-state index in [4.69, 9.17) is 11.6 Å². The third-order valence-corrected chi connectivity index (χ3v) is 5.97. The topological polar surface area (TPSA) is 69.2 Å². The predicted molar refractivity (Wildman–Crippen MR) is 122 cm³/mol. The molecule has 0 aliphatic rings. The highest BCUT2D eigenvalue weighted by Gasteiger charge is 2.20. The minimum Gasteiger partial charge on any atom is -0.507 e. The van der Waals surface area contributed by atoms with E-state index in [9.17, 15) is 9.90 Å². The second-order valence-corrected chi connectivity index (χ2v) is 8.44. The number of H-pyrrole nitrogens is 1. The van der Waals surface area contributed by atoms with E-state index in [2.05, 4.69) is 26.1 Å². The molecule has 0 spiro atoms. The quantitative estimate of drug-likeness (QED) is 0.390. The first-order valence-corrected chi connectivity index (χ1v) is 10.5. The molecular weight excluding hydrogens is 466 g/mol. The smallest absolute Gasteiger partial charge is 0.257 e. The number of benzene rings is 3. The summed E-state index contributed by atoms with van der Waals surface area (Å²) in [6.45, 7) is 0.415. The Labute approximate surface area is 187 Å². The monoisotopic (exact) mass is 483 g/mol. The van der Waals surface area contributed by atoms with Gasteiger partial charge in [0.15, 0.2) is 0 Å². The van der Waals surface area contributed by atoms with Gasteiger partial charge in [0.2, 0.25) is 0 Å². The van der Waals surface area contributed by atoms with Gasteiger partial charge in [0.05, 0.1) is 16.8 Å². The highest BCUT2D eigenvalue weighted by Crippen LogP contribution is 2.29. The molecule has 0 radical (unpaired) electrons. The SMILES string of the molecule is CN(Cc1ccccc1Br)C(=O)c1cc2c(Cc3cccc(Cl)c3)n[nH]c2cc1O. The third-order valence-electron chi connectivity index (χ3n) is 4.96. The van der Waals surface area contributed by atoms with Gasteiger partial charge in [-0.1, -0.05) is 57.9 Å². The van der Waals surface area contributed by atoms with E-state index in [1.165, 1.54) is 0 Å². The molecule has 0 aliphatic heterocycles. The van der Waals surface area contributed by atoms with Crippen LogP contribution in [0.5, 0.6) is 5.75 Å². The van der Waals surface area contributed by atoms with Crippen LogP contribution in [-0.4, -0.2) is 33.2 Å². The number of aromatic amines is 1. The second kappa shape index (κ2) is 8.50. The van der Waals surface area contributed by atoms with Crippen molar-refractivity contribution in [2.24, 2.45) is 0 Å². The van der Waals surface area contributed by atoms with Crippen LogP contribution in [0.25, 0.3) is 10.9 Å². The Balaban J connectivity index is 1.64. The fraction of sp³-hybridized carbons (Fsp3) is 0.130. The van der Waals surface area contributed by atoms with Crippen molar-refractivity contribution in [2.75, 3.05) is 7.05 Å². The summed E-state index contributed by atoms with van der Waals surface area (Å²) in [5, 5.41) is 19.2. The van der Waals surface area contributed by atoms with Crippen molar-refractivity contribution in [2.45, 2.75) is 13.0 Å². The van der Waals surface area contributed by atoms with Crippen LogP contribution >= 0.6 is 27.5 Å². The van der Waals surface area contributed by atoms with Crippen LogP contribution in [0.15, 0.2) is 65.1 Å². The number of amides is 1. The van der Waals surface area contributed by atoms with E-state index in [0.29, 0.717) is 23.5 Å². The standard InChI is InChI=1S/C23H19BrClN3O2/c1-28(13-15-6-2-3-8-19(15)24)23(30)18-11-17-20(26-27-21(17)12-22(18)29)10-14-5-4-7-16(25)9-14/h2-9,11-12,29H,10,13H2,1H3,(H,26,27). The third kappa shape index (κ3) is 4.20. The molecule has 4 aromatic rings. The van der Waals surface area contributed by atoms with Crippen molar-refractivity contribution in [3.8, 4) is 5.75 Å². The van der Waals surface area contributed by atoms with Gasteiger partial charge in [0, 0.05) is 41.0 Å². The van der Waals surface area contributed by atoms with Crippen LogP contribution in [0.2, 0.25) is 5.02 Å². The maximum absolute atomic E-state index is 13.1. The Morgan fingerprint density at radius 2 is 1.97 bits per heavy atom. The Morgan fingerprint density at radius 3 is 2.73 bits per heavy atom. The highest BCUT2D eigenvalue weighted by molar-refractivity contribution is 9.10. The van der Waals surface area contributed by atoms with Crippen molar-refractivity contribution in [3.63, 3.8) is 0 Å². The number of hydrogen-bond donors (Lipinski definition) is 2. The van der Waals surface area contributed by atoms with Crippen molar-refractivity contribution in [1.29, 1.82) is 0 Å². The molecular formula is C23H19BrClN3O2. The fourth-order valence-electron chi connectivity index (χ4n) is 3.41. The van der Waals surface area contributed by atoms with Gasteiger partial charge in [-0.15, -0.1) is 0 Å². The fourth-order valence-corrected chi connectivity index (χ4v) is 4.04. The molecule has 152 valence electrons. The average Bonchev–Trinajstić information content (AvgIpc) is 3.10. The Hall–Kier alpha value is -2.83. The molecule has 0 fully saturated rings. The first-order valence-electron chi connectivity index (χ1n) is 9.35. The Bertz CT molecular complexity index is 1240. The lowest BCUT2D eigenvalue weighted by Gasteiger charge is -2.19. The van der Waals surface area contributed by atoms with Gasteiger partial charge in [0.25, 0.3) is 5.91 Å². The lowest BCUT2D eigenvalue weighted by atomic mass is 10.0. The molecule has 1 heterocycles. The number of phenolic OH excluding ortho intramolecular Hbond substituents is 1. The van der Waals surface area contributed by atoms with E-state index in [-0.39, 0.29) is 17.2 Å². The molecule has 5 nitrogen and oxygen atoms in total. The number of hydrogen-bond acceptors (Lipinski definition) is 3. The van der Waals surface area contributed by atoms with Crippen molar-refractivity contribution in [1.82, 2.24) is 15.1 Å². The first kappa shape index (κ1) is 20.4. The summed E-state index contributed by atoms with van der Waals surface area (Å²) >= 11 is 9.60. The van der Waals surface area contributed by atoms with E-state index >= 15 is 0 Å². The summed E-state index contributed by atoms with van der Waals surface area (Å²) in [4.78, 5) is 14.6. The van der Waals surface area contributed by atoms with Crippen LogP contribution in [-0.2, 0) is 13.0 Å². The van der Waals surface area contributed by atoms with E-state index in [1.807, 2.05) is 48.5 Å². The van der Waals surface area contributed by atoms with Crippen LogP contribution in [0.3, 0.4) is 0 Å². The number of rotatable bonds is 5. The van der Waals surface area contributed by atoms with Gasteiger partial charge in [-0.2, -0.15) is 5.10 Å². The number of nitrogens with one attached hydrogen (secondary N) is 1. The number of phenols is 1. The minimum absolute atomic E-state index is 0.0792. The average molecular weight is 485 g/mol. The lowest BCUT2D eigenvalue weighted by Crippen LogP contribution is -2.26. The van der Waals surface area contributed by atoms with E-state index in [0.717, 1.165) is 26.7 Å². The normalized spacial score (nSPS) is 11.0. The summed E-state index contributed by atoms with van der Waals surface area (Å²) in [5.41, 5.74) is 3.71. The molecule has 4 rings (SSSR count). The molecule has 3 aromatic carbocycles. The van der Waals surface area contributed by atoms with Crippen LogP contribution in [0, 0.1) is 0 Å². The molecule has 0 saturated carbocycles. The van der Waals surface area contributed by atoms with Gasteiger partial charge >= 0.3 is 0 Å². The maximum atomic E-state index is 13.1. The number of aromatic nitrogens is 2. The Kier molecular flexibility index (Phi) is 5.79. The van der Waals surface area contributed by atoms with Crippen LogP contribution in [0.1, 0.15) is 27.2 Å². The summed E-state index contributed by atoms with van der Waals surface area (Å²) in [5.74, 6) is -0.343. The molecule has 1 aromatic heterocycles. The zero-order valence-electron chi connectivity index (χ0n) is 16.2. The summed E-state index contributed by atoms with van der Waals surface area (Å²) in [7, 11) is 1.72. The second-order valence-electron chi connectivity index (χ2n) is 7.14. The number of aromatic hydroxyl groups is 1. The van der Waals surface area contributed by atoms with E-state index < -0.39 is 0 Å². The zero-order chi connectivity index (χ0) is 21.3.